The molecule has 4 aromatic carbocycles. The number of nitrogens with one attached hydrogen (secondary N) is 2. The molecule has 0 fully saturated rings. The van der Waals surface area contributed by atoms with E-state index in [4.69, 9.17) is 31.2 Å². The Bertz CT molecular complexity index is 1600. The predicted octanol–water partition coefficient (Wildman–Crippen LogP) is 7.05. The fraction of sp³-hybridized carbons (Fsp3) is 0.200. The van der Waals surface area contributed by atoms with Crippen LogP contribution in [0.3, 0.4) is 0 Å². The third kappa shape index (κ3) is 7.95. The molecule has 44 heavy (non-hydrogen) atoms. The molecular formula is C35H33BrClN3O4. The Morgan fingerprint density at radius 2 is 1.80 bits per heavy atom. The zero-order valence-electron chi connectivity index (χ0n) is 24.0. The van der Waals surface area contributed by atoms with Gasteiger partial charge in [0.05, 0.1) is 6.61 Å². The molecule has 5 rings (SSSR count). The lowest BCUT2D eigenvalue weighted by Gasteiger charge is -2.30. The molecule has 226 valence electrons. The van der Waals surface area contributed by atoms with Crippen molar-refractivity contribution in [1.29, 1.82) is 0 Å². The summed E-state index contributed by atoms with van der Waals surface area (Å²) in [5.41, 5.74) is 8.10. The van der Waals surface area contributed by atoms with Gasteiger partial charge in [-0.15, -0.1) is 0 Å². The lowest BCUT2D eigenvalue weighted by atomic mass is 9.84. The highest BCUT2D eigenvalue weighted by atomic mass is 79.9. The number of hydrogen-bond donors (Lipinski definition) is 3. The van der Waals surface area contributed by atoms with Crippen LogP contribution in [0.4, 0.5) is 0 Å². The number of aliphatic hydroxyl groups excluding tert-OH is 1. The van der Waals surface area contributed by atoms with E-state index in [9.17, 15) is 4.79 Å². The van der Waals surface area contributed by atoms with Gasteiger partial charge in [0, 0.05) is 41.1 Å². The SMILES string of the molecule is O=C(NNCc1cccc(Cl)c1)[C@@]1(C/C=C/c2ccccc2)N=C(c2ccc(OCCCO)cc2)O[C@H]1c1ccc(Br)cc1. The Morgan fingerprint density at radius 3 is 2.52 bits per heavy atom. The molecule has 0 unspecified atom stereocenters. The summed E-state index contributed by atoms with van der Waals surface area (Å²) in [5, 5.41) is 9.67. The second kappa shape index (κ2) is 15.2. The van der Waals surface area contributed by atoms with Gasteiger partial charge in [-0.1, -0.05) is 94.3 Å². The summed E-state index contributed by atoms with van der Waals surface area (Å²) in [5.74, 6) is 0.701. The number of aliphatic hydroxyl groups is 1. The van der Waals surface area contributed by atoms with Crippen molar-refractivity contribution < 1.29 is 19.4 Å². The molecule has 0 aliphatic carbocycles. The first-order valence-electron chi connectivity index (χ1n) is 14.3. The van der Waals surface area contributed by atoms with Crippen molar-refractivity contribution in [3.63, 3.8) is 0 Å². The van der Waals surface area contributed by atoms with Crippen LogP contribution in [0.2, 0.25) is 5.02 Å². The molecule has 0 spiro atoms. The summed E-state index contributed by atoms with van der Waals surface area (Å²) in [4.78, 5) is 19.3. The predicted molar refractivity (Wildman–Crippen MR) is 177 cm³/mol. The topological polar surface area (TPSA) is 92.2 Å². The zero-order chi connectivity index (χ0) is 30.8. The molecule has 0 radical (unpaired) electrons. The second-order valence-corrected chi connectivity index (χ2v) is 11.6. The number of halogens is 2. The summed E-state index contributed by atoms with van der Waals surface area (Å²) in [7, 11) is 0. The van der Waals surface area contributed by atoms with Crippen LogP contribution < -0.4 is 15.6 Å². The van der Waals surface area contributed by atoms with Gasteiger partial charge >= 0.3 is 0 Å². The van der Waals surface area contributed by atoms with Crippen LogP contribution in [0.15, 0.2) is 119 Å². The van der Waals surface area contributed by atoms with Gasteiger partial charge in [-0.3, -0.25) is 10.2 Å². The summed E-state index contributed by atoms with van der Waals surface area (Å²) in [6.07, 6.45) is 4.06. The summed E-state index contributed by atoms with van der Waals surface area (Å²) in [6, 6.07) is 32.5. The van der Waals surface area contributed by atoms with Crippen LogP contribution >= 0.6 is 27.5 Å². The van der Waals surface area contributed by atoms with Gasteiger partial charge in [0.25, 0.3) is 5.91 Å². The van der Waals surface area contributed by atoms with Crippen LogP contribution in [-0.2, 0) is 16.1 Å². The van der Waals surface area contributed by atoms with Gasteiger partial charge in [-0.05, 0) is 65.2 Å². The minimum absolute atomic E-state index is 0.0665. The highest BCUT2D eigenvalue weighted by Crippen LogP contribution is 2.43. The fourth-order valence-corrected chi connectivity index (χ4v) is 5.35. The van der Waals surface area contributed by atoms with E-state index in [2.05, 4.69) is 26.8 Å². The van der Waals surface area contributed by atoms with Crippen molar-refractivity contribution in [2.75, 3.05) is 13.2 Å². The van der Waals surface area contributed by atoms with Crippen molar-refractivity contribution in [2.45, 2.75) is 31.0 Å². The first kappa shape index (κ1) is 31.5. The zero-order valence-corrected chi connectivity index (χ0v) is 26.3. The standard InChI is InChI=1S/C35H33BrClN3O4/c36-29-16-12-27(13-17-29)32-35(20-5-10-25-7-2-1-3-8-25,34(42)40-38-24-26-9-4-11-30(37)23-26)39-33(44-32)28-14-18-31(19-15-28)43-22-6-21-41/h1-5,7-19,23,32,38,41H,6,20-22,24H2,(H,40,42)/b10-5+/t32-,35-/m0/s1. The summed E-state index contributed by atoms with van der Waals surface area (Å²) >= 11 is 9.67. The van der Waals surface area contributed by atoms with E-state index in [1.165, 1.54) is 0 Å². The second-order valence-electron chi connectivity index (χ2n) is 10.3. The lowest BCUT2D eigenvalue weighted by Crippen LogP contribution is -2.52. The van der Waals surface area contributed by atoms with E-state index in [-0.39, 0.29) is 18.9 Å². The van der Waals surface area contributed by atoms with E-state index in [0.717, 1.165) is 26.7 Å². The van der Waals surface area contributed by atoms with Gasteiger partial charge in [-0.25, -0.2) is 10.4 Å². The first-order valence-corrected chi connectivity index (χ1v) is 15.5. The summed E-state index contributed by atoms with van der Waals surface area (Å²) in [6.45, 7) is 0.857. The molecule has 9 heteroatoms. The Hall–Kier alpha value is -3.95. The Balaban J connectivity index is 1.48. The highest BCUT2D eigenvalue weighted by molar-refractivity contribution is 9.10. The van der Waals surface area contributed by atoms with Crippen LogP contribution in [0, 0.1) is 0 Å². The number of carbonyl (C=O) groups excluding carboxylic acids is 1. The molecule has 1 aliphatic heterocycles. The maximum absolute atomic E-state index is 14.2. The fourth-order valence-electron chi connectivity index (χ4n) is 4.87. The largest absolute Gasteiger partial charge is 0.494 e. The Labute approximate surface area is 270 Å². The van der Waals surface area contributed by atoms with Gasteiger partial charge in [0.1, 0.15) is 5.75 Å². The molecule has 0 aromatic heterocycles. The number of ether oxygens (including phenoxy) is 2. The molecule has 7 nitrogen and oxygen atoms in total. The van der Waals surface area contributed by atoms with Crippen LogP contribution in [0.5, 0.6) is 5.75 Å². The van der Waals surface area contributed by atoms with Crippen molar-refractivity contribution in [3.8, 4) is 5.75 Å². The van der Waals surface area contributed by atoms with Crippen molar-refractivity contribution >= 4 is 45.4 Å². The number of amides is 1. The quantitative estimate of drug-likeness (QED) is 0.105. The lowest BCUT2D eigenvalue weighted by molar-refractivity contribution is -0.129. The maximum Gasteiger partial charge on any atom is 0.266 e. The first-order chi connectivity index (χ1) is 21.5. The number of hydrazine groups is 1. The normalized spacial score (nSPS) is 17.7. The van der Waals surface area contributed by atoms with Gasteiger partial charge < -0.3 is 14.6 Å². The van der Waals surface area contributed by atoms with E-state index in [0.29, 0.717) is 36.2 Å². The van der Waals surface area contributed by atoms with Crippen molar-refractivity contribution in [3.05, 3.63) is 141 Å². The molecule has 2 atom stereocenters. The Kier molecular flexibility index (Phi) is 10.9. The number of carbonyl (C=O) groups is 1. The van der Waals surface area contributed by atoms with Gasteiger partial charge in [-0.2, -0.15) is 0 Å². The molecule has 3 N–H and O–H groups in total. The smallest absolute Gasteiger partial charge is 0.266 e. The number of rotatable bonds is 13. The monoisotopic (exact) mass is 673 g/mol. The van der Waals surface area contributed by atoms with E-state index in [1.807, 2.05) is 109 Å². The maximum atomic E-state index is 14.2. The van der Waals surface area contributed by atoms with Crippen molar-refractivity contribution in [1.82, 2.24) is 10.9 Å². The Morgan fingerprint density at radius 1 is 1.02 bits per heavy atom. The average molecular weight is 675 g/mol. The number of benzene rings is 4. The summed E-state index contributed by atoms with van der Waals surface area (Å²) < 4.78 is 13.2. The molecule has 0 saturated carbocycles. The third-order valence-corrected chi connectivity index (χ3v) is 7.89. The van der Waals surface area contributed by atoms with Crippen molar-refractivity contribution in [2.24, 2.45) is 4.99 Å². The van der Waals surface area contributed by atoms with Crippen LogP contribution in [0.25, 0.3) is 6.08 Å². The highest BCUT2D eigenvalue weighted by Gasteiger charge is 2.52. The minimum Gasteiger partial charge on any atom is -0.494 e. The molecule has 0 bridgehead atoms. The molecule has 1 aliphatic rings. The van der Waals surface area contributed by atoms with Gasteiger partial charge in [0.15, 0.2) is 11.6 Å². The number of aliphatic imine (C=N–C) groups is 1. The van der Waals surface area contributed by atoms with E-state index in [1.54, 1.807) is 6.07 Å². The van der Waals surface area contributed by atoms with Gasteiger partial charge in [0.2, 0.25) is 5.90 Å². The molecule has 1 heterocycles. The van der Waals surface area contributed by atoms with Crippen LogP contribution in [-0.4, -0.2) is 35.7 Å². The molecule has 4 aromatic rings. The van der Waals surface area contributed by atoms with E-state index >= 15 is 0 Å². The van der Waals surface area contributed by atoms with Crippen LogP contribution in [0.1, 0.15) is 41.2 Å². The minimum atomic E-state index is -1.33. The average Bonchev–Trinajstić information content (AvgIpc) is 3.43. The molecule has 1 amide bonds. The number of hydrogen-bond acceptors (Lipinski definition) is 6. The number of nitrogens with zero attached hydrogens (tertiary/aromatic N) is 1. The molecular weight excluding hydrogens is 642 g/mol. The van der Waals surface area contributed by atoms with E-state index < -0.39 is 11.6 Å². The third-order valence-electron chi connectivity index (χ3n) is 7.13. The molecule has 0 saturated heterocycles.